The Bertz CT molecular complexity index is 1830. The fourth-order valence-electron chi connectivity index (χ4n) is 7.26. The number of carbonyl (C=O) groups is 3. The molecule has 7 heteroatoms. The average Bonchev–Trinajstić information content (AvgIpc) is 3.52. The number of amides is 1. The number of benzene rings is 4. The first-order chi connectivity index (χ1) is 21.3. The van der Waals surface area contributed by atoms with Gasteiger partial charge in [0.1, 0.15) is 23.0 Å². The van der Waals surface area contributed by atoms with E-state index < -0.39 is 23.4 Å². The number of fused-ring (bicyclic) bond motifs is 6. The molecule has 3 aliphatic rings. The maximum Gasteiger partial charge on any atom is 0.238 e. The number of carbonyl (C=O) groups excluding carboxylic acids is 3. The Kier molecular flexibility index (Phi) is 6.61. The molecule has 1 N–H and O–H groups in total. The van der Waals surface area contributed by atoms with Gasteiger partial charge in [-0.05, 0) is 79.1 Å². The van der Waals surface area contributed by atoms with Crippen LogP contribution in [0.2, 0.25) is 0 Å². The third-order valence-electron chi connectivity index (χ3n) is 8.99. The summed E-state index contributed by atoms with van der Waals surface area (Å²) in [6, 6.07) is 27.7. The third-order valence-corrected chi connectivity index (χ3v) is 8.99. The van der Waals surface area contributed by atoms with Crippen molar-refractivity contribution in [2.75, 3.05) is 12.4 Å². The van der Waals surface area contributed by atoms with Crippen LogP contribution in [0.5, 0.6) is 11.5 Å². The molecule has 0 unspecified atom stereocenters. The standard InChI is InChI=1S/C37H32N2O5/c1-22(2)44-26-17-15-24(16-18-26)34(41)32-31(33(40)25-10-8-11-27(21-25)43-3)37(29-13-6-7-14-30(29)38-36(37)42)35-28-12-5-4-9-23(28)19-20-39(32)35/h4-22,31-32,35H,1-3H3,(H,38,42)/t31-,32+,35+,37-/m0/s1. The molecule has 4 atom stereocenters. The van der Waals surface area contributed by atoms with Gasteiger partial charge in [0.05, 0.1) is 25.2 Å². The van der Waals surface area contributed by atoms with E-state index in [1.54, 1.807) is 55.6 Å². The normalized spacial score (nSPS) is 22.8. The maximum atomic E-state index is 15.0. The summed E-state index contributed by atoms with van der Waals surface area (Å²) in [4.78, 5) is 46.2. The van der Waals surface area contributed by atoms with Crippen LogP contribution in [-0.4, -0.2) is 41.6 Å². The van der Waals surface area contributed by atoms with E-state index in [1.165, 1.54) is 0 Å². The van der Waals surface area contributed by atoms with E-state index in [9.17, 15) is 14.4 Å². The first kappa shape index (κ1) is 27.7. The lowest BCUT2D eigenvalue weighted by atomic mass is 9.62. The second-order valence-corrected chi connectivity index (χ2v) is 11.7. The number of nitrogens with one attached hydrogen (secondary N) is 1. The summed E-state index contributed by atoms with van der Waals surface area (Å²) in [6.07, 6.45) is 3.81. The first-order valence-corrected chi connectivity index (χ1v) is 14.8. The molecule has 3 aliphatic heterocycles. The number of methoxy groups -OCH3 is 1. The van der Waals surface area contributed by atoms with Gasteiger partial charge in [0.25, 0.3) is 0 Å². The monoisotopic (exact) mass is 584 g/mol. The van der Waals surface area contributed by atoms with Gasteiger partial charge in [0.2, 0.25) is 5.91 Å². The molecule has 0 aliphatic carbocycles. The quantitative estimate of drug-likeness (QED) is 0.251. The summed E-state index contributed by atoms with van der Waals surface area (Å²) in [5.41, 5.74) is 2.62. The zero-order valence-electron chi connectivity index (χ0n) is 24.7. The molecule has 0 bridgehead atoms. The summed E-state index contributed by atoms with van der Waals surface area (Å²) in [7, 11) is 1.54. The summed E-state index contributed by atoms with van der Waals surface area (Å²) in [5, 5.41) is 3.08. The van der Waals surface area contributed by atoms with E-state index >= 15 is 0 Å². The van der Waals surface area contributed by atoms with Gasteiger partial charge in [0.15, 0.2) is 11.6 Å². The molecule has 4 aromatic carbocycles. The molecule has 7 rings (SSSR count). The highest BCUT2D eigenvalue weighted by molar-refractivity contribution is 6.16. The Morgan fingerprint density at radius 2 is 1.59 bits per heavy atom. The Morgan fingerprint density at radius 3 is 2.36 bits per heavy atom. The number of anilines is 1. The predicted octanol–water partition coefficient (Wildman–Crippen LogP) is 6.46. The van der Waals surface area contributed by atoms with Gasteiger partial charge in [-0.15, -0.1) is 0 Å². The highest BCUT2D eigenvalue weighted by atomic mass is 16.5. The van der Waals surface area contributed by atoms with E-state index in [1.807, 2.05) is 79.6 Å². The second kappa shape index (κ2) is 10.5. The number of para-hydroxylation sites is 1. The molecule has 44 heavy (non-hydrogen) atoms. The molecule has 7 nitrogen and oxygen atoms in total. The van der Waals surface area contributed by atoms with Gasteiger partial charge in [-0.25, -0.2) is 0 Å². The van der Waals surface area contributed by atoms with Crippen LogP contribution in [0.1, 0.15) is 57.3 Å². The van der Waals surface area contributed by atoms with Gasteiger partial charge in [-0.3, -0.25) is 14.4 Å². The van der Waals surface area contributed by atoms with Crippen molar-refractivity contribution in [1.29, 1.82) is 0 Å². The van der Waals surface area contributed by atoms with Crippen LogP contribution in [0.25, 0.3) is 6.08 Å². The van der Waals surface area contributed by atoms with Crippen LogP contribution in [0.3, 0.4) is 0 Å². The topological polar surface area (TPSA) is 84.9 Å². The van der Waals surface area contributed by atoms with E-state index in [2.05, 4.69) is 5.32 Å². The van der Waals surface area contributed by atoms with E-state index in [4.69, 9.17) is 9.47 Å². The Morgan fingerprint density at radius 1 is 0.841 bits per heavy atom. The molecule has 4 aromatic rings. The van der Waals surface area contributed by atoms with E-state index in [0.717, 1.165) is 11.1 Å². The van der Waals surface area contributed by atoms with Gasteiger partial charge in [0, 0.05) is 23.0 Å². The predicted molar refractivity (Wildman–Crippen MR) is 168 cm³/mol. The third kappa shape index (κ3) is 4.07. The largest absolute Gasteiger partial charge is 0.497 e. The van der Waals surface area contributed by atoms with Crippen molar-refractivity contribution in [3.63, 3.8) is 0 Å². The highest BCUT2D eigenvalue weighted by Gasteiger charge is 2.70. The molecular formula is C37H32N2O5. The lowest BCUT2D eigenvalue weighted by molar-refractivity contribution is -0.122. The van der Waals surface area contributed by atoms with Crippen LogP contribution in [0.15, 0.2) is 103 Å². The Labute approximate surface area is 256 Å². The van der Waals surface area contributed by atoms with Crippen LogP contribution >= 0.6 is 0 Å². The molecule has 3 heterocycles. The SMILES string of the molecule is COc1cccc(C(=O)[C@@H]2[C@H](C(=O)c3ccc(OC(C)C)cc3)N3C=Cc4ccccc4[C@@H]3[C@@]23C(=O)Nc2ccccc23)c1. The zero-order valence-corrected chi connectivity index (χ0v) is 24.7. The second-order valence-electron chi connectivity index (χ2n) is 11.7. The van der Waals surface area contributed by atoms with Crippen molar-refractivity contribution in [2.24, 2.45) is 5.92 Å². The van der Waals surface area contributed by atoms with Crippen LogP contribution < -0.4 is 14.8 Å². The molecule has 0 radical (unpaired) electrons. The highest BCUT2D eigenvalue weighted by Crippen LogP contribution is 2.62. The van der Waals surface area contributed by atoms with Crippen molar-refractivity contribution >= 4 is 29.2 Å². The van der Waals surface area contributed by atoms with Crippen LogP contribution in [0, 0.1) is 5.92 Å². The van der Waals surface area contributed by atoms with Crippen molar-refractivity contribution in [3.8, 4) is 11.5 Å². The van der Waals surface area contributed by atoms with Gasteiger partial charge in [-0.2, -0.15) is 0 Å². The van der Waals surface area contributed by atoms with Crippen molar-refractivity contribution in [2.45, 2.75) is 37.5 Å². The number of ketones is 2. The minimum Gasteiger partial charge on any atom is -0.497 e. The summed E-state index contributed by atoms with van der Waals surface area (Å²) >= 11 is 0. The van der Waals surface area contributed by atoms with Gasteiger partial charge >= 0.3 is 0 Å². The zero-order chi connectivity index (χ0) is 30.6. The van der Waals surface area contributed by atoms with Crippen molar-refractivity contribution in [3.05, 3.63) is 131 Å². The fourth-order valence-corrected chi connectivity index (χ4v) is 7.26. The van der Waals surface area contributed by atoms with Crippen molar-refractivity contribution in [1.82, 2.24) is 4.90 Å². The summed E-state index contributed by atoms with van der Waals surface area (Å²) in [5.74, 6) is -0.725. The van der Waals surface area contributed by atoms with E-state index in [-0.39, 0.29) is 23.6 Å². The number of hydrogen-bond acceptors (Lipinski definition) is 6. The molecule has 1 spiro atoms. The van der Waals surface area contributed by atoms with Gasteiger partial charge in [-0.1, -0.05) is 54.6 Å². The molecule has 1 amide bonds. The maximum absolute atomic E-state index is 15.0. The van der Waals surface area contributed by atoms with Crippen LogP contribution in [0.4, 0.5) is 5.69 Å². The first-order valence-electron chi connectivity index (χ1n) is 14.8. The smallest absolute Gasteiger partial charge is 0.238 e. The van der Waals surface area contributed by atoms with Crippen LogP contribution in [-0.2, 0) is 10.2 Å². The average molecular weight is 585 g/mol. The fraction of sp³-hybridized carbons (Fsp3) is 0.216. The number of Topliss-reactive ketones (excluding diaryl/α,β-unsaturated/α-hetero) is 2. The molecule has 0 aromatic heterocycles. The minimum atomic E-state index is -1.39. The summed E-state index contributed by atoms with van der Waals surface area (Å²) in [6.45, 7) is 3.88. The Balaban J connectivity index is 1.48. The number of rotatable bonds is 7. The number of nitrogens with zero attached hydrogens (tertiary/aromatic N) is 1. The van der Waals surface area contributed by atoms with Gasteiger partial charge < -0.3 is 19.7 Å². The molecule has 220 valence electrons. The lowest BCUT2D eigenvalue weighted by Gasteiger charge is -2.38. The van der Waals surface area contributed by atoms with E-state index in [0.29, 0.717) is 33.9 Å². The minimum absolute atomic E-state index is 0.0173. The molecule has 0 saturated carbocycles. The number of hydrogen-bond donors (Lipinski definition) is 1. The molecule has 1 saturated heterocycles. The molecular weight excluding hydrogens is 552 g/mol. The summed E-state index contributed by atoms with van der Waals surface area (Å²) < 4.78 is 11.3. The Hall–Kier alpha value is -5.17. The number of ether oxygens (including phenoxy) is 2. The van der Waals surface area contributed by atoms with Crippen molar-refractivity contribution < 1.29 is 23.9 Å². The molecule has 1 fully saturated rings. The lowest BCUT2D eigenvalue weighted by Crippen LogP contribution is -2.49.